The minimum atomic E-state index is -0.891. The fourth-order valence-electron chi connectivity index (χ4n) is 2.54. The van der Waals surface area contributed by atoms with Crippen LogP contribution in [0.1, 0.15) is 5.56 Å². The molecule has 1 saturated heterocycles. The number of nitrogens with one attached hydrogen (secondary N) is 1. The number of aliphatic carboxylic acids is 1. The van der Waals surface area contributed by atoms with Crippen LogP contribution in [0.4, 0.5) is 0 Å². The molecular weight excluding hydrogens is 268 g/mol. The van der Waals surface area contributed by atoms with E-state index in [0.717, 1.165) is 16.5 Å². The number of hydrogen-bond acceptors (Lipinski definition) is 3. The minimum absolute atomic E-state index is 0.221. The average molecular weight is 286 g/mol. The Hall–Kier alpha value is -2.11. The van der Waals surface area contributed by atoms with Crippen molar-refractivity contribution in [1.29, 1.82) is 0 Å². The molecular formula is C16H18N2O3. The number of aromatic amines is 1. The van der Waals surface area contributed by atoms with Gasteiger partial charge in [0, 0.05) is 23.1 Å². The molecule has 1 atom stereocenters. The SMILES string of the molecule is NC(C=CC1(C(=O)O)COC1)Cc1c[nH]c2ccccc12. The quantitative estimate of drug-likeness (QED) is 0.730. The summed E-state index contributed by atoms with van der Waals surface area (Å²) in [6.45, 7) is 0.442. The van der Waals surface area contributed by atoms with Crippen molar-refractivity contribution < 1.29 is 14.6 Å². The maximum Gasteiger partial charge on any atom is 0.318 e. The summed E-state index contributed by atoms with van der Waals surface area (Å²) < 4.78 is 5.02. The maximum atomic E-state index is 11.2. The molecule has 5 nitrogen and oxygen atoms in total. The largest absolute Gasteiger partial charge is 0.480 e. The van der Waals surface area contributed by atoms with Gasteiger partial charge < -0.3 is 20.6 Å². The highest BCUT2D eigenvalue weighted by molar-refractivity contribution is 5.83. The molecule has 0 saturated carbocycles. The van der Waals surface area contributed by atoms with E-state index in [9.17, 15) is 9.90 Å². The molecule has 1 fully saturated rings. The van der Waals surface area contributed by atoms with Crippen LogP contribution in [-0.4, -0.2) is 35.3 Å². The lowest BCUT2D eigenvalue weighted by Gasteiger charge is -2.34. The second-order valence-electron chi connectivity index (χ2n) is 5.54. The van der Waals surface area contributed by atoms with E-state index in [1.807, 2.05) is 24.4 Å². The summed E-state index contributed by atoms with van der Waals surface area (Å²) in [6.07, 6.45) is 6.08. The fraction of sp³-hybridized carbons (Fsp3) is 0.312. The lowest BCUT2D eigenvalue weighted by Crippen LogP contribution is -2.47. The number of nitrogens with two attached hydrogens (primary N) is 1. The number of fused-ring (bicyclic) bond motifs is 1. The van der Waals surface area contributed by atoms with Crippen LogP contribution in [0.15, 0.2) is 42.6 Å². The Bertz CT molecular complexity index is 686. The van der Waals surface area contributed by atoms with Gasteiger partial charge in [-0.1, -0.05) is 30.4 Å². The number of benzene rings is 1. The van der Waals surface area contributed by atoms with Crippen LogP contribution in [0.5, 0.6) is 0 Å². The summed E-state index contributed by atoms with van der Waals surface area (Å²) in [5.74, 6) is -0.857. The van der Waals surface area contributed by atoms with Gasteiger partial charge in [-0.05, 0) is 18.1 Å². The molecule has 0 bridgehead atoms. The number of H-pyrrole nitrogens is 1. The molecule has 21 heavy (non-hydrogen) atoms. The van der Waals surface area contributed by atoms with E-state index < -0.39 is 11.4 Å². The fourth-order valence-corrected chi connectivity index (χ4v) is 2.54. The van der Waals surface area contributed by atoms with Crippen LogP contribution in [0.25, 0.3) is 10.9 Å². The van der Waals surface area contributed by atoms with E-state index in [0.29, 0.717) is 6.42 Å². The molecule has 1 aliphatic rings. The summed E-state index contributed by atoms with van der Waals surface area (Å²) in [6, 6.07) is 7.82. The first-order valence-corrected chi connectivity index (χ1v) is 6.92. The van der Waals surface area contributed by atoms with Crippen molar-refractivity contribution in [3.05, 3.63) is 48.2 Å². The minimum Gasteiger partial charge on any atom is -0.480 e. The third-order valence-electron chi connectivity index (χ3n) is 3.94. The molecule has 110 valence electrons. The Kier molecular flexibility index (Phi) is 3.53. The van der Waals surface area contributed by atoms with Crippen LogP contribution in [0.2, 0.25) is 0 Å². The van der Waals surface area contributed by atoms with Gasteiger partial charge in [0.05, 0.1) is 13.2 Å². The average Bonchev–Trinajstić information content (AvgIpc) is 2.81. The first kappa shape index (κ1) is 13.9. The standard InChI is InChI=1S/C16H18N2O3/c17-12(5-6-16(15(19)20)9-21-10-16)7-11-8-18-14-4-2-1-3-13(11)14/h1-6,8,12,18H,7,9-10,17H2,(H,19,20). The summed E-state index contributed by atoms with van der Waals surface area (Å²) in [7, 11) is 0. The summed E-state index contributed by atoms with van der Waals surface area (Å²) >= 11 is 0. The molecule has 0 amide bonds. The topological polar surface area (TPSA) is 88.3 Å². The monoisotopic (exact) mass is 286 g/mol. The van der Waals surface area contributed by atoms with Gasteiger partial charge in [0.25, 0.3) is 0 Å². The van der Waals surface area contributed by atoms with Crippen LogP contribution >= 0.6 is 0 Å². The number of hydrogen-bond donors (Lipinski definition) is 3. The first-order chi connectivity index (χ1) is 10.1. The van der Waals surface area contributed by atoms with E-state index in [1.165, 1.54) is 0 Å². The van der Waals surface area contributed by atoms with Gasteiger partial charge in [-0.2, -0.15) is 0 Å². The van der Waals surface area contributed by atoms with Crippen molar-refractivity contribution in [2.75, 3.05) is 13.2 Å². The lowest BCUT2D eigenvalue weighted by atomic mass is 9.85. The van der Waals surface area contributed by atoms with Crippen molar-refractivity contribution in [3.8, 4) is 0 Å². The Morgan fingerprint density at radius 1 is 1.48 bits per heavy atom. The predicted molar refractivity (Wildman–Crippen MR) is 80.0 cm³/mol. The van der Waals surface area contributed by atoms with E-state index in [2.05, 4.69) is 11.1 Å². The van der Waals surface area contributed by atoms with Crippen LogP contribution in [-0.2, 0) is 16.0 Å². The van der Waals surface area contributed by atoms with Gasteiger partial charge in [-0.25, -0.2) is 0 Å². The van der Waals surface area contributed by atoms with Gasteiger partial charge >= 0.3 is 5.97 Å². The number of ether oxygens (including phenoxy) is 1. The Balaban J connectivity index is 1.72. The molecule has 0 aliphatic carbocycles. The van der Waals surface area contributed by atoms with Gasteiger partial charge in [-0.15, -0.1) is 0 Å². The number of carboxylic acids is 1. The van der Waals surface area contributed by atoms with Crippen molar-refractivity contribution in [1.82, 2.24) is 4.98 Å². The number of carbonyl (C=O) groups is 1. The Labute approximate surface area is 122 Å². The highest BCUT2D eigenvalue weighted by atomic mass is 16.5. The van der Waals surface area contributed by atoms with E-state index in [-0.39, 0.29) is 19.3 Å². The molecule has 2 aromatic rings. The number of aromatic nitrogens is 1. The molecule has 4 N–H and O–H groups in total. The van der Waals surface area contributed by atoms with Crippen molar-refractivity contribution in [2.24, 2.45) is 11.1 Å². The van der Waals surface area contributed by atoms with Gasteiger partial charge in [0.1, 0.15) is 5.41 Å². The van der Waals surface area contributed by atoms with Crippen molar-refractivity contribution >= 4 is 16.9 Å². The predicted octanol–water partition coefficient (Wildman–Crippen LogP) is 1.70. The second kappa shape index (κ2) is 5.35. The van der Waals surface area contributed by atoms with Crippen LogP contribution in [0.3, 0.4) is 0 Å². The van der Waals surface area contributed by atoms with Gasteiger partial charge in [0.15, 0.2) is 0 Å². The van der Waals surface area contributed by atoms with Crippen LogP contribution in [0, 0.1) is 5.41 Å². The summed E-state index contributed by atoms with van der Waals surface area (Å²) in [4.78, 5) is 14.4. The molecule has 1 unspecified atom stereocenters. The molecule has 1 aromatic heterocycles. The molecule has 2 heterocycles. The Morgan fingerprint density at radius 2 is 2.24 bits per heavy atom. The highest BCUT2D eigenvalue weighted by Crippen LogP contribution is 2.29. The number of para-hydroxylation sites is 1. The molecule has 0 radical (unpaired) electrons. The zero-order valence-electron chi connectivity index (χ0n) is 11.6. The molecule has 3 rings (SSSR count). The number of carboxylic acid groups (broad SMARTS) is 1. The van der Waals surface area contributed by atoms with E-state index >= 15 is 0 Å². The van der Waals surface area contributed by atoms with Crippen molar-refractivity contribution in [2.45, 2.75) is 12.5 Å². The molecule has 5 heteroatoms. The first-order valence-electron chi connectivity index (χ1n) is 6.92. The molecule has 1 aromatic carbocycles. The summed E-state index contributed by atoms with van der Waals surface area (Å²) in [5, 5.41) is 10.4. The van der Waals surface area contributed by atoms with E-state index in [4.69, 9.17) is 10.5 Å². The lowest BCUT2D eigenvalue weighted by molar-refractivity contribution is -0.169. The molecule has 1 aliphatic heterocycles. The second-order valence-corrected chi connectivity index (χ2v) is 5.54. The highest BCUT2D eigenvalue weighted by Gasteiger charge is 2.43. The van der Waals surface area contributed by atoms with E-state index in [1.54, 1.807) is 12.2 Å². The molecule has 0 spiro atoms. The Morgan fingerprint density at radius 3 is 2.90 bits per heavy atom. The third kappa shape index (κ3) is 2.57. The van der Waals surface area contributed by atoms with Gasteiger partial charge in [0.2, 0.25) is 0 Å². The zero-order chi connectivity index (χ0) is 14.9. The van der Waals surface area contributed by atoms with Crippen molar-refractivity contribution in [3.63, 3.8) is 0 Å². The van der Waals surface area contributed by atoms with Crippen LogP contribution < -0.4 is 5.73 Å². The normalized spacial score (nSPS) is 18.7. The summed E-state index contributed by atoms with van der Waals surface area (Å²) in [5.41, 5.74) is 7.43. The smallest absolute Gasteiger partial charge is 0.318 e. The van der Waals surface area contributed by atoms with Gasteiger partial charge in [-0.3, -0.25) is 4.79 Å². The zero-order valence-corrected chi connectivity index (χ0v) is 11.6. The maximum absolute atomic E-state index is 11.2. The third-order valence-corrected chi connectivity index (χ3v) is 3.94. The number of rotatable bonds is 5.